The highest BCUT2D eigenvalue weighted by Gasteiger charge is 2.30. The van der Waals surface area contributed by atoms with Crippen LogP contribution >= 0.6 is 0 Å². The minimum absolute atomic E-state index is 0.0551. The molecule has 2 heterocycles. The van der Waals surface area contributed by atoms with Crippen molar-refractivity contribution in [3.05, 3.63) is 35.0 Å². The number of carbonyl (C=O) groups excluding carboxylic acids is 1. The summed E-state index contributed by atoms with van der Waals surface area (Å²) in [5.74, 6) is -0.0651. The molecule has 4 rings (SSSR count). The Labute approximate surface area is 141 Å². The molecule has 2 aliphatic rings. The van der Waals surface area contributed by atoms with Gasteiger partial charge in [0.25, 0.3) is 5.91 Å². The lowest BCUT2D eigenvalue weighted by Gasteiger charge is -2.18. The van der Waals surface area contributed by atoms with E-state index in [9.17, 15) is 4.79 Å². The van der Waals surface area contributed by atoms with Crippen molar-refractivity contribution < 1.29 is 14.3 Å². The third-order valence-corrected chi connectivity index (χ3v) is 5.09. The number of nitrogens with one attached hydrogen (secondary N) is 2. The molecule has 5 nitrogen and oxygen atoms in total. The number of amides is 1. The highest BCUT2D eigenvalue weighted by atomic mass is 16.5. The summed E-state index contributed by atoms with van der Waals surface area (Å²) in [5.41, 5.74) is 4.53. The van der Waals surface area contributed by atoms with Gasteiger partial charge in [-0.15, -0.1) is 0 Å². The molecule has 2 aromatic rings. The van der Waals surface area contributed by atoms with Crippen LogP contribution in [0.5, 0.6) is 0 Å². The zero-order valence-corrected chi connectivity index (χ0v) is 14.1. The summed E-state index contributed by atoms with van der Waals surface area (Å²) in [6.07, 6.45) is 4.69. The van der Waals surface area contributed by atoms with Gasteiger partial charge in [-0.2, -0.15) is 0 Å². The van der Waals surface area contributed by atoms with Gasteiger partial charge in [-0.25, -0.2) is 0 Å². The fraction of sp³-hybridized carbons (Fsp3) is 0.526. The number of aromatic amines is 1. The number of H-pyrrole nitrogens is 1. The third kappa shape index (κ3) is 2.82. The zero-order chi connectivity index (χ0) is 16.5. The number of hydrogen-bond acceptors (Lipinski definition) is 3. The number of benzene rings is 1. The van der Waals surface area contributed by atoms with Crippen LogP contribution in [0.1, 0.15) is 41.4 Å². The molecule has 0 radical (unpaired) electrons. The van der Waals surface area contributed by atoms with Crippen LogP contribution < -0.4 is 5.32 Å². The van der Waals surface area contributed by atoms with E-state index in [2.05, 4.69) is 16.4 Å². The Morgan fingerprint density at radius 2 is 2.21 bits per heavy atom. The van der Waals surface area contributed by atoms with E-state index < -0.39 is 0 Å². The molecule has 0 saturated carbocycles. The molecule has 2 atom stereocenters. The molecular formula is C19H24N2O3. The Morgan fingerprint density at radius 1 is 1.33 bits per heavy atom. The van der Waals surface area contributed by atoms with E-state index in [4.69, 9.17) is 9.47 Å². The quantitative estimate of drug-likeness (QED) is 0.907. The first-order chi connectivity index (χ1) is 11.8. The Kier molecular flexibility index (Phi) is 4.29. The minimum atomic E-state index is -0.0787. The minimum Gasteiger partial charge on any atom is -0.376 e. The number of ether oxygens (including phenoxy) is 2. The third-order valence-electron chi connectivity index (χ3n) is 5.09. The number of rotatable bonds is 4. The molecule has 1 aromatic heterocycles. The molecule has 128 valence electrons. The Hall–Kier alpha value is -1.85. The second-order valence-electron chi connectivity index (χ2n) is 6.66. The predicted molar refractivity (Wildman–Crippen MR) is 92.4 cm³/mol. The molecule has 1 aliphatic heterocycles. The topological polar surface area (TPSA) is 63.4 Å². The van der Waals surface area contributed by atoms with Crippen molar-refractivity contribution in [1.82, 2.24) is 10.3 Å². The summed E-state index contributed by atoms with van der Waals surface area (Å²) in [5, 5.41) is 4.32. The second kappa shape index (κ2) is 6.57. The monoisotopic (exact) mass is 328 g/mol. The van der Waals surface area contributed by atoms with Crippen molar-refractivity contribution in [2.24, 2.45) is 0 Å². The summed E-state index contributed by atoms with van der Waals surface area (Å²) in [6.45, 7) is 3.63. The zero-order valence-electron chi connectivity index (χ0n) is 14.1. The van der Waals surface area contributed by atoms with Gasteiger partial charge in [0.1, 0.15) is 6.10 Å². The fourth-order valence-corrected chi connectivity index (χ4v) is 3.85. The second-order valence-corrected chi connectivity index (χ2v) is 6.66. The van der Waals surface area contributed by atoms with E-state index in [1.165, 1.54) is 29.5 Å². The highest BCUT2D eigenvalue weighted by molar-refractivity contribution is 5.99. The van der Waals surface area contributed by atoms with E-state index in [0.717, 1.165) is 18.4 Å². The van der Waals surface area contributed by atoms with Gasteiger partial charge in [0.05, 0.1) is 19.3 Å². The van der Waals surface area contributed by atoms with Gasteiger partial charge in [0.15, 0.2) is 0 Å². The highest BCUT2D eigenvalue weighted by Crippen LogP contribution is 2.29. The molecule has 1 saturated heterocycles. The maximum absolute atomic E-state index is 12.6. The summed E-state index contributed by atoms with van der Waals surface area (Å²) < 4.78 is 11.1. The van der Waals surface area contributed by atoms with Crippen molar-refractivity contribution in [1.29, 1.82) is 0 Å². The number of hydrogen-bond donors (Lipinski definition) is 2. The first kappa shape index (κ1) is 15.7. The number of fused-ring (bicyclic) bond motifs is 3. The van der Waals surface area contributed by atoms with Gasteiger partial charge in [0.2, 0.25) is 0 Å². The van der Waals surface area contributed by atoms with Crippen LogP contribution in [0.3, 0.4) is 0 Å². The van der Waals surface area contributed by atoms with Crippen molar-refractivity contribution in [2.75, 3.05) is 19.8 Å². The first-order valence-corrected chi connectivity index (χ1v) is 8.90. The summed E-state index contributed by atoms with van der Waals surface area (Å²) >= 11 is 0. The lowest BCUT2D eigenvalue weighted by atomic mass is 9.95. The molecule has 1 aliphatic carbocycles. The Bertz CT molecular complexity index is 752. The van der Waals surface area contributed by atoms with Crippen LogP contribution in [0.2, 0.25) is 0 Å². The first-order valence-electron chi connectivity index (χ1n) is 8.90. The molecule has 1 fully saturated rings. The van der Waals surface area contributed by atoms with Crippen LogP contribution in [-0.4, -0.2) is 42.9 Å². The average molecular weight is 328 g/mol. The number of carbonyl (C=O) groups is 1. The van der Waals surface area contributed by atoms with Crippen molar-refractivity contribution >= 4 is 16.8 Å². The Balaban J connectivity index is 1.54. The van der Waals surface area contributed by atoms with Crippen LogP contribution in [0.4, 0.5) is 0 Å². The maximum atomic E-state index is 12.6. The van der Waals surface area contributed by atoms with E-state index in [1.807, 2.05) is 19.1 Å². The molecule has 1 aromatic carbocycles. The standard InChI is InChI=1S/C19H24N2O3/c1-2-24-18-11-23-10-17(18)21-19(22)12-7-8-14-13-5-3-4-6-15(13)20-16(14)9-12/h7-9,17-18,20H,2-6,10-11H2,1H3,(H,21,22)/t17-,18-/m0/s1. The van der Waals surface area contributed by atoms with E-state index in [1.54, 1.807) is 0 Å². The van der Waals surface area contributed by atoms with Crippen molar-refractivity contribution in [2.45, 2.75) is 44.8 Å². The van der Waals surface area contributed by atoms with Gasteiger partial charge in [-0.3, -0.25) is 4.79 Å². The van der Waals surface area contributed by atoms with E-state index in [0.29, 0.717) is 25.4 Å². The molecular weight excluding hydrogens is 304 g/mol. The van der Waals surface area contributed by atoms with E-state index >= 15 is 0 Å². The van der Waals surface area contributed by atoms with Crippen LogP contribution in [-0.2, 0) is 22.3 Å². The van der Waals surface area contributed by atoms with Crippen LogP contribution in [0.15, 0.2) is 18.2 Å². The van der Waals surface area contributed by atoms with Crippen LogP contribution in [0.25, 0.3) is 10.9 Å². The molecule has 1 amide bonds. The van der Waals surface area contributed by atoms with Gasteiger partial charge in [-0.1, -0.05) is 6.07 Å². The molecule has 24 heavy (non-hydrogen) atoms. The maximum Gasteiger partial charge on any atom is 0.251 e. The molecule has 5 heteroatoms. The molecule has 2 N–H and O–H groups in total. The average Bonchev–Trinajstić information content (AvgIpc) is 3.18. The van der Waals surface area contributed by atoms with E-state index in [-0.39, 0.29) is 18.1 Å². The van der Waals surface area contributed by atoms with Gasteiger partial charge in [-0.05, 0) is 50.3 Å². The van der Waals surface area contributed by atoms with Crippen molar-refractivity contribution in [3.63, 3.8) is 0 Å². The summed E-state index contributed by atoms with van der Waals surface area (Å²) in [6, 6.07) is 5.89. The summed E-state index contributed by atoms with van der Waals surface area (Å²) in [4.78, 5) is 16.1. The van der Waals surface area contributed by atoms with Gasteiger partial charge < -0.3 is 19.8 Å². The molecule has 0 unspecified atom stereocenters. The van der Waals surface area contributed by atoms with Gasteiger partial charge >= 0.3 is 0 Å². The van der Waals surface area contributed by atoms with Gasteiger partial charge in [0, 0.05) is 28.8 Å². The smallest absolute Gasteiger partial charge is 0.251 e. The largest absolute Gasteiger partial charge is 0.376 e. The SMILES string of the molecule is CCO[C@H]1COC[C@@H]1NC(=O)c1ccc2c3c([nH]c2c1)CCCC3. The van der Waals surface area contributed by atoms with Crippen molar-refractivity contribution in [3.8, 4) is 0 Å². The fourth-order valence-electron chi connectivity index (χ4n) is 3.85. The number of aryl methyl sites for hydroxylation is 2. The lowest BCUT2D eigenvalue weighted by Crippen LogP contribution is -2.43. The molecule has 0 spiro atoms. The summed E-state index contributed by atoms with van der Waals surface area (Å²) in [7, 11) is 0. The predicted octanol–water partition coefficient (Wildman–Crippen LogP) is 2.58. The number of aromatic nitrogens is 1. The van der Waals surface area contributed by atoms with Crippen LogP contribution in [0, 0.1) is 0 Å². The molecule has 0 bridgehead atoms. The lowest BCUT2D eigenvalue weighted by molar-refractivity contribution is 0.0402. The Morgan fingerprint density at radius 3 is 3.08 bits per heavy atom. The normalized spacial score (nSPS) is 23.4.